The van der Waals surface area contributed by atoms with Crippen LogP contribution in [0.25, 0.3) is 0 Å². The number of nitriles is 1. The van der Waals surface area contributed by atoms with Gasteiger partial charge in [-0.05, 0) is 19.3 Å². The van der Waals surface area contributed by atoms with Crippen molar-refractivity contribution in [1.29, 1.82) is 5.26 Å². The summed E-state index contributed by atoms with van der Waals surface area (Å²) in [6.45, 7) is 1.37. The average Bonchev–Trinajstić information content (AvgIpc) is 2.54. The predicted octanol–water partition coefficient (Wildman–Crippen LogP) is 1.08. The van der Waals surface area contributed by atoms with Crippen molar-refractivity contribution in [2.24, 2.45) is 11.3 Å². The zero-order chi connectivity index (χ0) is 9.31. The maximum absolute atomic E-state index is 10.0. The Morgan fingerprint density at radius 2 is 2.31 bits per heavy atom. The molecule has 1 N–H and O–H groups in total. The third-order valence-electron chi connectivity index (χ3n) is 3.45. The van der Waals surface area contributed by atoms with Crippen molar-refractivity contribution in [1.82, 2.24) is 0 Å². The van der Waals surface area contributed by atoms with E-state index in [1.807, 2.05) is 0 Å². The molecule has 0 bridgehead atoms. The number of ether oxygens (including phenoxy) is 1. The SMILES string of the molecule is N#CC1(C(O)C2CCOC2)CCC1. The number of aliphatic hydroxyl groups excluding tert-OH is 1. The molecular weight excluding hydrogens is 166 g/mol. The largest absolute Gasteiger partial charge is 0.391 e. The van der Waals surface area contributed by atoms with Gasteiger partial charge < -0.3 is 9.84 Å². The van der Waals surface area contributed by atoms with Crippen LogP contribution in [0.2, 0.25) is 0 Å². The zero-order valence-corrected chi connectivity index (χ0v) is 7.70. The quantitative estimate of drug-likeness (QED) is 0.693. The average molecular weight is 181 g/mol. The van der Waals surface area contributed by atoms with E-state index in [1.165, 1.54) is 0 Å². The molecule has 2 atom stereocenters. The second-order valence-electron chi connectivity index (χ2n) is 4.19. The van der Waals surface area contributed by atoms with E-state index in [-0.39, 0.29) is 5.92 Å². The van der Waals surface area contributed by atoms with Crippen molar-refractivity contribution in [2.45, 2.75) is 31.8 Å². The first kappa shape index (κ1) is 8.98. The van der Waals surface area contributed by atoms with Crippen LogP contribution in [0.4, 0.5) is 0 Å². The van der Waals surface area contributed by atoms with E-state index >= 15 is 0 Å². The van der Waals surface area contributed by atoms with Crippen LogP contribution in [0.3, 0.4) is 0 Å². The minimum absolute atomic E-state index is 0.194. The van der Waals surface area contributed by atoms with Gasteiger partial charge in [-0.25, -0.2) is 0 Å². The number of nitrogens with zero attached hydrogens (tertiary/aromatic N) is 1. The van der Waals surface area contributed by atoms with Crippen molar-refractivity contribution >= 4 is 0 Å². The lowest BCUT2D eigenvalue weighted by Crippen LogP contribution is -2.44. The third kappa shape index (κ3) is 1.34. The zero-order valence-electron chi connectivity index (χ0n) is 7.70. The molecule has 1 heterocycles. The molecule has 1 aliphatic carbocycles. The molecule has 2 aliphatic rings. The van der Waals surface area contributed by atoms with Crippen LogP contribution in [0.1, 0.15) is 25.7 Å². The van der Waals surface area contributed by atoms with Crippen molar-refractivity contribution in [3.05, 3.63) is 0 Å². The van der Waals surface area contributed by atoms with Gasteiger partial charge in [0.25, 0.3) is 0 Å². The topological polar surface area (TPSA) is 53.2 Å². The summed E-state index contributed by atoms with van der Waals surface area (Å²) in [7, 11) is 0. The van der Waals surface area contributed by atoms with Gasteiger partial charge in [-0.15, -0.1) is 0 Å². The maximum Gasteiger partial charge on any atom is 0.0835 e. The molecule has 72 valence electrons. The molecule has 0 aromatic rings. The Morgan fingerprint density at radius 3 is 2.69 bits per heavy atom. The monoisotopic (exact) mass is 181 g/mol. The Morgan fingerprint density at radius 1 is 1.54 bits per heavy atom. The van der Waals surface area contributed by atoms with Crippen LogP contribution in [-0.2, 0) is 4.74 Å². The third-order valence-corrected chi connectivity index (χ3v) is 3.45. The van der Waals surface area contributed by atoms with Gasteiger partial charge in [0.15, 0.2) is 0 Å². The van der Waals surface area contributed by atoms with Crippen LogP contribution < -0.4 is 0 Å². The van der Waals surface area contributed by atoms with Crippen LogP contribution >= 0.6 is 0 Å². The van der Waals surface area contributed by atoms with Crippen molar-refractivity contribution in [3.8, 4) is 6.07 Å². The lowest BCUT2D eigenvalue weighted by Gasteiger charge is -2.41. The summed E-state index contributed by atoms with van der Waals surface area (Å²) in [6, 6.07) is 2.29. The maximum atomic E-state index is 10.0. The van der Waals surface area contributed by atoms with Gasteiger partial charge in [0.2, 0.25) is 0 Å². The van der Waals surface area contributed by atoms with E-state index in [0.29, 0.717) is 6.61 Å². The molecule has 0 spiro atoms. The van der Waals surface area contributed by atoms with Gasteiger partial charge in [-0.2, -0.15) is 5.26 Å². The summed E-state index contributed by atoms with van der Waals surface area (Å²) in [5.74, 6) is 0.194. The highest BCUT2D eigenvalue weighted by Crippen LogP contribution is 2.46. The fourth-order valence-corrected chi connectivity index (χ4v) is 2.28. The Balaban J connectivity index is 2.02. The lowest BCUT2D eigenvalue weighted by atomic mass is 9.63. The normalized spacial score (nSPS) is 33.4. The molecule has 0 aromatic heterocycles. The fourth-order valence-electron chi connectivity index (χ4n) is 2.28. The predicted molar refractivity (Wildman–Crippen MR) is 46.8 cm³/mol. The number of aliphatic hydroxyl groups is 1. The van der Waals surface area contributed by atoms with Crippen LogP contribution in [-0.4, -0.2) is 24.4 Å². The van der Waals surface area contributed by atoms with E-state index in [1.54, 1.807) is 0 Å². The molecule has 3 heteroatoms. The van der Waals surface area contributed by atoms with E-state index in [4.69, 9.17) is 10.00 Å². The summed E-state index contributed by atoms with van der Waals surface area (Å²) in [4.78, 5) is 0. The van der Waals surface area contributed by atoms with Gasteiger partial charge in [-0.1, -0.05) is 6.42 Å². The van der Waals surface area contributed by atoms with E-state index in [9.17, 15) is 5.11 Å². The molecule has 1 saturated carbocycles. The minimum atomic E-state index is -0.464. The van der Waals surface area contributed by atoms with Crippen molar-refractivity contribution in [2.75, 3.05) is 13.2 Å². The van der Waals surface area contributed by atoms with Gasteiger partial charge in [0, 0.05) is 12.5 Å². The molecule has 3 nitrogen and oxygen atoms in total. The fraction of sp³-hybridized carbons (Fsp3) is 0.900. The smallest absolute Gasteiger partial charge is 0.0835 e. The Bertz CT molecular complexity index is 224. The molecule has 0 aromatic carbocycles. The minimum Gasteiger partial charge on any atom is -0.391 e. The Kier molecular flexibility index (Phi) is 2.27. The van der Waals surface area contributed by atoms with Crippen LogP contribution in [0.5, 0.6) is 0 Å². The van der Waals surface area contributed by atoms with Crippen molar-refractivity contribution < 1.29 is 9.84 Å². The lowest BCUT2D eigenvalue weighted by molar-refractivity contribution is -0.0324. The van der Waals surface area contributed by atoms with Crippen molar-refractivity contribution in [3.63, 3.8) is 0 Å². The first-order valence-electron chi connectivity index (χ1n) is 4.95. The molecule has 2 fully saturated rings. The highest BCUT2D eigenvalue weighted by Gasteiger charge is 2.47. The van der Waals surface area contributed by atoms with E-state index in [0.717, 1.165) is 32.3 Å². The number of hydrogen-bond acceptors (Lipinski definition) is 3. The standard InChI is InChI=1S/C10H15NO2/c11-7-10(3-1-4-10)9(12)8-2-5-13-6-8/h8-9,12H,1-6H2. The molecule has 1 aliphatic heterocycles. The van der Waals surface area contributed by atoms with E-state index in [2.05, 4.69) is 6.07 Å². The summed E-state index contributed by atoms with van der Waals surface area (Å²) >= 11 is 0. The molecule has 2 rings (SSSR count). The molecule has 2 unspecified atom stereocenters. The van der Waals surface area contributed by atoms with Gasteiger partial charge in [0.05, 0.1) is 24.2 Å². The van der Waals surface area contributed by atoms with Crippen LogP contribution in [0.15, 0.2) is 0 Å². The number of rotatable bonds is 2. The van der Waals surface area contributed by atoms with Gasteiger partial charge in [-0.3, -0.25) is 0 Å². The second kappa shape index (κ2) is 3.28. The molecule has 0 amide bonds. The summed E-state index contributed by atoms with van der Waals surface area (Å²) in [5, 5.41) is 19.0. The first-order valence-corrected chi connectivity index (χ1v) is 4.95. The Labute approximate surface area is 78.3 Å². The van der Waals surface area contributed by atoms with Gasteiger partial charge >= 0.3 is 0 Å². The summed E-state index contributed by atoms with van der Waals surface area (Å²) < 4.78 is 5.22. The molecule has 13 heavy (non-hydrogen) atoms. The highest BCUT2D eigenvalue weighted by atomic mass is 16.5. The van der Waals surface area contributed by atoms with E-state index < -0.39 is 11.5 Å². The second-order valence-corrected chi connectivity index (χ2v) is 4.19. The molecular formula is C10H15NO2. The summed E-state index contributed by atoms with van der Waals surface area (Å²) in [6.07, 6.45) is 3.25. The number of hydrogen-bond donors (Lipinski definition) is 1. The Hall–Kier alpha value is -0.590. The first-order chi connectivity index (χ1) is 6.28. The highest BCUT2D eigenvalue weighted by molar-refractivity contribution is 5.10. The van der Waals surface area contributed by atoms with Crippen LogP contribution in [0, 0.1) is 22.7 Å². The summed E-state index contributed by atoms with van der Waals surface area (Å²) in [5.41, 5.74) is -0.432. The van der Waals surface area contributed by atoms with Gasteiger partial charge in [0.1, 0.15) is 0 Å². The molecule has 1 saturated heterocycles. The molecule has 0 radical (unpaired) electrons.